The number of nitrogens with zero attached hydrogens (tertiary/aromatic N) is 5. The van der Waals surface area contributed by atoms with Crippen molar-refractivity contribution in [1.29, 1.82) is 0 Å². The number of hydrogen-bond acceptors (Lipinski definition) is 6. The monoisotopic (exact) mass is 352 g/mol. The van der Waals surface area contributed by atoms with Crippen LogP contribution in [0.25, 0.3) is 16.9 Å². The molecule has 1 N–H and O–H groups in total. The van der Waals surface area contributed by atoms with Crippen molar-refractivity contribution in [2.24, 2.45) is 0 Å². The summed E-state index contributed by atoms with van der Waals surface area (Å²) < 4.78 is 1.85. The van der Waals surface area contributed by atoms with Crippen molar-refractivity contribution in [3.05, 3.63) is 58.7 Å². The largest absolute Gasteiger partial charge is 0.315 e. The highest BCUT2D eigenvalue weighted by Crippen LogP contribution is 2.27. The van der Waals surface area contributed by atoms with Gasteiger partial charge in [-0.2, -0.15) is 0 Å². The molecule has 8 heteroatoms. The van der Waals surface area contributed by atoms with Crippen LogP contribution in [0.15, 0.2) is 42.9 Å². The summed E-state index contributed by atoms with van der Waals surface area (Å²) >= 11 is 0. The first kappa shape index (κ1) is 16.6. The Balaban J connectivity index is 1.82. The number of fused-ring (bicyclic) bond motifs is 1. The van der Waals surface area contributed by atoms with E-state index in [1.54, 1.807) is 24.7 Å². The highest BCUT2D eigenvalue weighted by atomic mass is 16.6. The maximum Gasteiger partial charge on any atom is 0.286 e. The highest BCUT2D eigenvalue weighted by Gasteiger charge is 2.19. The molecule has 0 aromatic carbocycles. The number of nitro groups is 1. The van der Waals surface area contributed by atoms with E-state index in [1.165, 1.54) is 6.07 Å². The summed E-state index contributed by atoms with van der Waals surface area (Å²) in [7, 11) is 0. The van der Waals surface area contributed by atoms with Gasteiger partial charge < -0.3 is 5.32 Å². The third-order valence-corrected chi connectivity index (χ3v) is 4.67. The van der Waals surface area contributed by atoms with Crippen LogP contribution in [0.2, 0.25) is 0 Å². The average molecular weight is 352 g/mol. The summed E-state index contributed by atoms with van der Waals surface area (Å²) in [5, 5.41) is 14.6. The molecule has 8 nitrogen and oxygen atoms in total. The number of pyridine rings is 2. The fourth-order valence-corrected chi connectivity index (χ4v) is 3.35. The van der Waals surface area contributed by atoms with Crippen molar-refractivity contribution in [1.82, 2.24) is 24.6 Å². The minimum absolute atomic E-state index is 0.0648. The van der Waals surface area contributed by atoms with E-state index in [-0.39, 0.29) is 10.6 Å². The van der Waals surface area contributed by atoms with Gasteiger partial charge in [-0.3, -0.25) is 24.4 Å². The van der Waals surface area contributed by atoms with E-state index in [0.29, 0.717) is 12.2 Å². The van der Waals surface area contributed by atoms with Crippen molar-refractivity contribution < 1.29 is 4.92 Å². The zero-order valence-corrected chi connectivity index (χ0v) is 14.3. The van der Waals surface area contributed by atoms with Gasteiger partial charge in [-0.1, -0.05) is 0 Å². The fourth-order valence-electron chi connectivity index (χ4n) is 3.35. The van der Waals surface area contributed by atoms with E-state index in [2.05, 4.69) is 15.2 Å². The Morgan fingerprint density at radius 1 is 1.15 bits per heavy atom. The van der Waals surface area contributed by atoms with Gasteiger partial charge in [0, 0.05) is 43.7 Å². The Labute approximate surface area is 150 Å². The fraction of sp³-hybridized carbons (Fsp3) is 0.333. The molecule has 0 unspecified atom stereocenters. The first-order valence-corrected chi connectivity index (χ1v) is 8.71. The molecule has 4 heterocycles. The van der Waals surface area contributed by atoms with Crippen LogP contribution in [0.3, 0.4) is 0 Å². The van der Waals surface area contributed by atoms with E-state index in [1.807, 2.05) is 16.5 Å². The van der Waals surface area contributed by atoms with Gasteiger partial charge in [0.2, 0.25) is 0 Å². The van der Waals surface area contributed by atoms with Crippen LogP contribution in [0.4, 0.5) is 5.69 Å². The van der Waals surface area contributed by atoms with Crippen molar-refractivity contribution >= 4 is 11.3 Å². The summed E-state index contributed by atoms with van der Waals surface area (Å²) in [6, 6.07) is 7.04. The second-order valence-corrected chi connectivity index (χ2v) is 6.40. The van der Waals surface area contributed by atoms with E-state index >= 15 is 0 Å². The quantitative estimate of drug-likeness (QED) is 0.571. The molecule has 3 aromatic heterocycles. The van der Waals surface area contributed by atoms with Crippen molar-refractivity contribution in [2.75, 3.05) is 26.2 Å². The van der Waals surface area contributed by atoms with Crippen LogP contribution in [0.5, 0.6) is 0 Å². The SMILES string of the molecule is O=[N+]([O-])c1ccc2nc(-c3ccncc3)c(CN3CCCNCC3)n2c1. The molecule has 1 saturated heterocycles. The molecule has 134 valence electrons. The lowest BCUT2D eigenvalue weighted by Gasteiger charge is -2.20. The standard InChI is InChI=1S/C18H20N6O2/c25-24(26)15-2-3-17-21-18(14-4-7-20-8-5-14)16(23(17)12-15)13-22-10-1-6-19-9-11-22/h2-5,7-8,12,19H,1,6,9-11,13H2. The summed E-state index contributed by atoms with van der Waals surface area (Å²) in [5.74, 6) is 0. The molecule has 1 fully saturated rings. The summed E-state index contributed by atoms with van der Waals surface area (Å²) in [6.07, 6.45) is 6.13. The van der Waals surface area contributed by atoms with Crippen LogP contribution < -0.4 is 5.32 Å². The maximum absolute atomic E-state index is 11.2. The highest BCUT2D eigenvalue weighted by molar-refractivity contribution is 5.66. The number of nitrogens with one attached hydrogen (secondary N) is 1. The number of imidazole rings is 1. The number of hydrogen-bond donors (Lipinski definition) is 1. The average Bonchev–Trinajstić information content (AvgIpc) is 2.82. The lowest BCUT2D eigenvalue weighted by molar-refractivity contribution is -0.385. The van der Waals surface area contributed by atoms with Gasteiger partial charge >= 0.3 is 0 Å². The first-order chi connectivity index (χ1) is 12.7. The predicted molar refractivity (Wildman–Crippen MR) is 97.8 cm³/mol. The Morgan fingerprint density at radius 2 is 2.00 bits per heavy atom. The molecular weight excluding hydrogens is 332 g/mol. The molecule has 26 heavy (non-hydrogen) atoms. The number of aromatic nitrogens is 3. The van der Waals surface area contributed by atoms with E-state index < -0.39 is 0 Å². The molecule has 1 aliphatic heterocycles. The minimum atomic E-state index is -0.370. The smallest absolute Gasteiger partial charge is 0.286 e. The van der Waals surface area contributed by atoms with E-state index in [9.17, 15) is 10.1 Å². The van der Waals surface area contributed by atoms with Crippen LogP contribution in [-0.2, 0) is 6.54 Å². The summed E-state index contributed by atoms with van der Waals surface area (Å²) in [6.45, 7) is 4.60. The molecule has 1 aliphatic rings. The minimum Gasteiger partial charge on any atom is -0.315 e. The lowest BCUT2D eigenvalue weighted by Crippen LogP contribution is -2.28. The van der Waals surface area contributed by atoms with E-state index in [0.717, 1.165) is 49.6 Å². The topological polar surface area (TPSA) is 88.6 Å². The van der Waals surface area contributed by atoms with Gasteiger partial charge in [-0.25, -0.2) is 4.98 Å². The number of rotatable bonds is 4. The third kappa shape index (κ3) is 3.29. The van der Waals surface area contributed by atoms with Crippen LogP contribution in [0.1, 0.15) is 12.1 Å². The van der Waals surface area contributed by atoms with Gasteiger partial charge in [0.05, 0.1) is 22.5 Å². The van der Waals surface area contributed by atoms with Crippen LogP contribution in [-0.4, -0.2) is 50.4 Å². The van der Waals surface area contributed by atoms with Crippen molar-refractivity contribution in [2.45, 2.75) is 13.0 Å². The molecule has 0 saturated carbocycles. The zero-order chi connectivity index (χ0) is 17.9. The Hall–Kier alpha value is -2.84. The lowest BCUT2D eigenvalue weighted by atomic mass is 10.1. The molecule has 3 aromatic rings. The van der Waals surface area contributed by atoms with Gasteiger partial charge in [0.15, 0.2) is 0 Å². The molecular formula is C18H20N6O2. The van der Waals surface area contributed by atoms with Gasteiger partial charge in [0.25, 0.3) is 5.69 Å². The van der Waals surface area contributed by atoms with Crippen LogP contribution in [0, 0.1) is 10.1 Å². The Kier molecular flexibility index (Phi) is 4.59. The molecule has 0 aliphatic carbocycles. The predicted octanol–water partition coefficient (Wildman–Crippen LogP) is 2.10. The van der Waals surface area contributed by atoms with Gasteiger partial charge in [-0.05, 0) is 37.7 Å². The third-order valence-electron chi connectivity index (χ3n) is 4.67. The first-order valence-electron chi connectivity index (χ1n) is 8.71. The van der Waals surface area contributed by atoms with Crippen molar-refractivity contribution in [3.63, 3.8) is 0 Å². The van der Waals surface area contributed by atoms with Crippen molar-refractivity contribution in [3.8, 4) is 11.3 Å². The second kappa shape index (κ2) is 7.19. The molecule has 0 atom stereocenters. The summed E-state index contributed by atoms with van der Waals surface area (Å²) in [5.41, 5.74) is 3.57. The molecule has 0 spiro atoms. The van der Waals surface area contributed by atoms with Gasteiger partial charge in [-0.15, -0.1) is 0 Å². The molecule has 0 amide bonds. The van der Waals surface area contributed by atoms with E-state index in [4.69, 9.17) is 4.98 Å². The maximum atomic E-state index is 11.2. The zero-order valence-electron chi connectivity index (χ0n) is 14.3. The molecule has 0 radical (unpaired) electrons. The summed E-state index contributed by atoms with van der Waals surface area (Å²) in [4.78, 5) is 22.0. The Morgan fingerprint density at radius 3 is 2.81 bits per heavy atom. The Bertz CT molecular complexity index is 916. The normalized spacial score (nSPS) is 15.8. The molecule has 4 rings (SSSR count). The van der Waals surface area contributed by atoms with Gasteiger partial charge in [0.1, 0.15) is 5.65 Å². The van der Waals surface area contributed by atoms with Crippen LogP contribution >= 0.6 is 0 Å². The second-order valence-electron chi connectivity index (χ2n) is 6.40. The molecule has 0 bridgehead atoms.